The van der Waals surface area contributed by atoms with Crippen molar-refractivity contribution >= 4 is 91.1 Å². The van der Waals surface area contributed by atoms with Crippen molar-refractivity contribution in [3.8, 4) is 44.8 Å². The molecule has 0 saturated carbocycles. The summed E-state index contributed by atoms with van der Waals surface area (Å²) in [5, 5.41) is 7.57. The lowest BCUT2D eigenvalue weighted by Gasteiger charge is -2.13. The molecule has 0 aliphatic carbocycles. The zero-order valence-corrected chi connectivity index (χ0v) is 33.6. The van der Waals surface area contributed by atoms with Gasteiger partial charge < -0.3 is 9.13 Å². The Morgan fingerprint density at radius 2 is 0.690 bits per heavy atom. The second-order valence-electron chi connectivity index (χ2n) is 15.1. The van der Waals surface area contributed by atoms with Crippen molar-refractivity contribution in [2.24, 2.45) is 0 Å². The first kappa shape index (κ1) is 33.4. The maximum Gasteiger partial charge on any atom is 0.0541 e. The second kappa shape index (κ2) is 13.2. The molecule has 58 heavy (non-hydrogen) atoms. The molecule has 3 aromatic heterocycles. The fraction of sp³-hybridized carbons (Fsp3) is 0. The van der Waals surface area contributed by atoms with Gasteiger partial charge in [-0.25, -0.2) is 0 Å². The van der Waals surface area contributed by atoms with Crippen LogP contribution in [0.15, 0.2) is 205 Å². The van der Waals surface area contributed by atoms with E-state index in [0.717, 1.165) is 15.8 Å². The highest BCUT2D eigenvalue weighted by atomic mass is 79.9. The fourth-order valence-corrected chi connectivity index (χ4v) is 10.5. The standard InChI is InChI=1S/C54H33BrN2S/c55-40-22-26-54-48(33-40)47-32-36(21-25-53(47)58-54)39-28-37(34-19-23-51-45(30-34)43-15-7-9-17-49(43)56(51)41-11-3-1-4-12-41)27-38(29-39)35-20-24-52-46(31-35)44-16-8-10-18-50(44)57(52)42-13-5-2-6-14-42/h1-33H. The third kappa shape index (κ3) is 5.30. The largest absolute Gasteiger partial charge is 0.309 e. The highest BCUT2D eigenvalue weighted by Crippen LogP contribution is 2.42. The number of halogens is 1. The van der Waals surface area contributed by atoms with Crippen LogP contribution in [0.4, 0.5) is 0 Å². The van der Waals surface area contributed by atoms with E-state index < -0.39 is 0 Å². The number of thiophene rings is 1. The van der Waals surface area contributed by atoms with Gasteiger partial charge in [0.25, 0.3) is 0 Å². The molecule has 0 fully saturated rings. The highest BCUT2D eigenvalue weighted by molar-refractivity contribution is 9.10. The van der Waals surface area contributed by atoms with Crippen molar-refractivity contribution in [2.45, 2.75) is 0 Å². The molecule has 0 N–H and O–H groups in total. The van der Waals surface area contributed by atoms with Crippen LogP contribution in [0.2, 0.25) is 0 Å². The molecule has 272 valence electrons. The van der Waals surface area contributed by atoms with Crippen molar-refractivity contribution in [3.63, 3.8) is 0 Å². The Bertz CT molecular complexity index is 3400. The van der Waals surface area contributed by atoms with E-state index in [9.17, 15) is 0 Å². The molecule has 0 bridgehead atoms. The van der Waals surface area contributed by atoms with Gasteiger partial charge in [-0.05, 0) is 143 Å². The molecule has 0 unspecified atom stereocenters. The fourth-order valence-electron chi connectivity index (χ4n) is 9.07. The van der Waals surface area contributed by atoms with Crippen LogP contribution in [0.1, 0.15) is 0 Å². The molecule has 0 aliphatic rings. The van der Waals surface area contributed by atoms with E-state index in [4.69, 9.17) is 0 Å². The number of rotatable bonds is 5. The van der Waals surface area contributed by atoms with Gasteiger partial charge in [0.1, 0.15) is 0 Å². The number of benzene rings is 9. The van der Waals surface area contributed by atoms with Crippen LogP contribution in [-0.2, 0) is 0 Å². The lowest BCUT2D eigenvalue weighted by molar-refractivity contribution is 1.18. The normalized spacial score (nSPS) is 11.9. The molecule has 0 aliphatic heterocycles. The summed E-state index contributed by atoms with van der Waals surface area (Å²) in [4.78, 5) is 0. The van der Waals surface area contributed by atoms with Crippen molar-refractivity contribution in [1.29, 1.82) is 0 Å². The van der Waals surface area contributed by atoms with Crippen LogP contribution < -0.4 is 0 Å². The summed E-state index contributed by atoms with van der Waals surface area (Å²) in [6.45, 7) is 0. The van der Waals surface area contributed by atoms with Gasteiger partial charge in [0.15, 0.2) is 0 Å². The summed E-state index contributed by atoms with van der Waals surface area (Å²) in [7, 11) is 0. The average molecular weight is 822 g/mol. The van der Waals surface area contributed by atoms with Gasteiger partial charge in [0, 0.05) is 57.6 Å². The van der Waals surface area contributed by atoms with Gasteiger partial charge in [0.05, 0.1) is 22.1 Å². The molecule has 9 aromatic carbocycles. The summed E-state index contributed by atoms with van der Waals surface area (Å²) >= 11 is 5.59. The number of nitrogens with zero attached hydrogens (tertiary/aromatic N) is 2. The Balaban J connectivity index is 1.09. The molecule has 3 heterocycles. The van der Waals surface area contributed by atoms with Crippen molar-refractivity contribution in [3.05, 3.63) is 205 Å². The van der Waals surface area contributed by atoms with Crippen molar-refractivity contribution < 1.29 is 0 Å². The van der Waals surface area contributed by atoms with Crippen molar-refractivity contribution in [2.75, 3.05) is 0 Å². The minimum atomic E-state index is 1.10. The van der Waals surface area contributed by atoms with E-state index in [1.54, 1.807) is 0 Å². The molecule has 0 atom stereocenters. The number of fused-ring (bicyclic) bond motifs is 9. The lowest BCUT2D eigenvalue weighted by Crippen LogP contribution is -1.93. The second-order valence-corrected chi connectivity index (χ2v) is 17.1. The minimum absolute atomic E-state index is 1.10. The van der Waals surface area contributed by atoms with Gasteiger partial charge in [0.2, 0.25) is 0 Å². The molecule has 4 heteroatoms. The monoisotopic (exact) mass is 820 g/mol. The molecule has 2 nitrogen and oxygen atoms in total. The average Bonchev–Trinajstić information content (AvgIpc) is 3.93. The van der Waals surface area contributed by atoms with E-state index >= 15 is 0 Å². The first-order chi connectivity index (χ1) is 28.6. The number of hydrogen-bond donors (Lipinski definition) is 0. The molecule has 12 aromatic rings. The van der Waals surface area contributed by atoms with E-state index in [1.807, 2.05) is 11.3 Å². The van der Waals surface area contributed by atoms with E-state index in [-0.39, 0.29) is 0 Å². The molecule has 0 spiro atoms. The van der Waals surface area contributed by atoms with Crippen LogP contribution in [0.25, 0.3) is 109 Å². The first-order valence-corrected chi connectivity index (χ1v) is 21.2. The zero-order valence-electron chi connectivity index (χ0n) is 31.2. The Hall–Kier alpha value is -6.72. The summed E-state index contributed by atoms with van der Waals surface area (Å²) in [5.41, 5.74) is 14.3. The highest BCUT2D eigenvalue weighted by Gasteiger charge is 2.17. The van der Waals surface area contributed by atoms with E-state index in [0.29, 0.717) is 0 Å². The van der Waals surface area contributed by atoms with Crippen LogP contribution >= 0.6 is 27.3 Å². The van der Waals surface area contributed by atoms with Crippen molar-refractivity contribution in [1.82, 2.24) is 9.13 Å². The third-order valence-electron chi connectivity index (χ3n) is 11.7. The lowest BCUT2D eigenvalue weighted by atomic mass is 9.92. The van der Waals surface area contributed by atoms with Crippen LogP contribution in [0, 0.1) is 0 Å². The predicted molar refractivity (Wildman–Crippen MR) is 252 cm³/mol. The third-order valence-corrected chi connectivity index (χ3v) is 13.4. The topological polar surface area (TPSA) is 9.86 Å². The summed E-state index contributed by atoms with van der Waals surface area (Å²) in [5.74, 6) is 0. The van der Waals surface area contributed by atoms with Gasteiger partial charge >= 0.3 is 0 Å². The SMILES string of the molecule is Brc1ccc2sc3ccc(-c4cc(-c5ccc6c(c5)c5ccccc5n6-c5ccccc5)cc(-c5ccc6c(c5)c5ccccc5n6-c5ccccc5)c4)cc3c2c1. The predicted octanol–water partition coefficient (Wildman–Crippen LogP) is 16.0. The van der Waals surface area contributed by atoms with Gasteiger partial charge in [-0.1, -0.05) is 107 Å². The molecular weight excluding hydrogens is 789 g/mol. The maximum atomic E-state index is 3.73. The zero-order chi connectivity index (χ0) is 38.3. The van der Waals surface area contributed by atoms with Gasteiger partial charge in [-0.3, -0.25) is 0 Å². The smallest absolute Gasteiger partial charge is 0.0541 e. The maximum absolute atomic E-state index is 3.73. The molecule has 0 saturated heterocycles. The minimum Gasteiger partial charge on any atom is -0.309 e. The molecule has 0 radical (unpaired) electrons. The number of aromatic nitrogens is 2. The Kier molecular flexibility index (Phi) is 7.59. The summed E-state index contributed by atoms with van der Waals surface area (Å²) < 4.78 is 8.47. The van der Waals surface area contributed by atoms with E-state index in [2.05, 4.69) is 225 Å². The number of hydrogen-bond acceptors (Lipinski definition) is 1. The molecule has 0 amide bonds. The van der Waals surface area contributed by atoms with Crippen LogP contribution in [0.3, 0.4) is 0 Å². The summed E-state index contributed by atoms with van der Waals surface area (Å²) in [6.07, 6.45) is 0. The Labute approximate surface area is 347 Å². The Morgan fingerprint density at radius 1 is 0.293 bits per heavy atom. The Morgan fingerprint density at radius 3 is 1.21 bits per heavy atom. The van der Waals surface area contributed by atoms with Crippen LogP contribution in [-0.4, -0.2) is 9.13 Å². The number of para-hydroxylation sites is 4. The summed E-state index contributed by atoms with van der Waals surface area (Å²) in [6, 6.07) is 73.6. The molecule has 12 rings (SSSR count). The van der Waals surface area contributed by atoms with Gasteiger partial charge in [-0.15, -0.1) is 11.3 Å². The van der Waals surface area contributed by atoms with E-state index in [1.165, 1.54) is 97.2 Å². The van der Waals surface area contributed by atoms with Crippen LogP contribution in [0.5, 0.6) is 0 Å². The first-order valence-electron chi connectivity index (χ1n) is 19.6. The van der Waals surface area contributed by atoms with Gasteiger partial charge in [-0.2, -0.15) is 0 Å². The quantitative estimate of drug-likeness (QED) is 0.164. The molecular formula is C54H33BrN2S.